The molecule has 1 aromatic rings. The van der Waals surface area contributed by atoms with Gasteiger partial charge < -0.3 is 5.11 Å². The summed E-state index contributed by atoms with van der Waals surface area (Å²) in [5.74, 6) is -0.223. The minimum atomic E-state index is -0.735. The zero-order chi connectivity index (χ0) is 14.9. The van der Waals surface area contributed by atoms with Gasteiger partial charge in [-0.15, -0.1) is 0 Å². The molecule has 5 nitrogen and oxygen atoms in total. The maximum Gasteiger partial charge on any atom is 0.320 e. The van der Waals surface area contributed by atoms with Crippen LogP contribution >= 0.6 is 11.6 Å². The number of nitrogens with zero attached hydrogens (tertiary/aromatic N) is 3. The van der Waals surface area contributed by atoms with Crippen LogP contribution in [0.5, 0.6) is 0 Å². The lowest BCUT2D eigenvalue weighted by Gasteiger charge is -2.36. The third-order valence-corrected chi connectivity index (χ3v) is 4.79. The number of halogens is 1. The van der Waals surface area contributed by atoms with Gasteiger partial charge in [-0.3, -0.25) is 14.4 Å². The Labute approximate surface area is 124 Å². The van der Waals surface area contributed by atoms with Crippen LogP contribution in [0, 0.1) is 12.8 Å². The summed E-state index contributed by atoms with van der Waals surface area (Å²) >= 11 is 6.24. The lowest BCUT2D eigenvalue weighted by atomic mass is 9.88. The van der Waals surface area contributed by atoms with Gasteiger partial charge in [-0.2, -0.15) is 5.10 Å². The molecule has 0 radical (unpaired) electrons. The fourth-order valence-electron chi connectivity index (χ4n) is 2.96. The first-order chi connectivity index (χ1) is 9.43. The summed E-state index contributed by atoms with van der Waals surface area (Å²) in [6.07, 6.45) is 2.82. The second-order valence-electron chi connectivity index (χ2n) is 5.60. The molecule has 6 heteroatoms. The molecule has 1 saturated heterocycles. The minimum Gasteiger partial charge on any atom is -0.480 e. The SMILES string of the molecule is CCC1CCN(Cc2c(C)nn(C)c2Cl)C(C(=O)O)C1. The molecule has 2 rings (SSSR count). The lowest BCUT2D eigenvalue weighted by Crippen LogP contribution is -2.46. The van der Waals surface area contributed by atoms with Gasteiger partial charge in [-0.1, -0.05) is 24.9 Å². The van der Waals surface area contributed by atoms with Crippen LogP contribution in [0.1, 0.15) is 37.4 Å². The highest BCUT2D eigenvalue weighted by atomic mass is 35.5. The first kappa shape index (κ1) is 15.3. The molecule has 0 spiro atoms. The van der Waals surface area contributed by atoms with E-state index in [0.29, 0.717) is 17.6 Å². The normalized spacial score (nSPS) is 24.0. The number of piperidine rings is 1. The standard InChI is InChI=1S/C14H22ClN3O2/c1-4-10-5-6-18(12(7-10)14(19)20)8-11-9(2)16-17(3)13(11)15/h10,12H,4-8H2,1-3H3,(H,19,20). The van der Waals surface area contributed by atoms with E-state index in [2.05, 4.69) is 12.0 Å². The number of carboxylic acids is 1. The van der Waals surface area contributed by atoms with Crippen molar-refractivity contribution in [3.05, 3.63) is 16.4 Å². The van der Waals surface area contributed by atoms with Gasteiger partial charge in [-0.05, 0) is 32.2 Å². The Morgan fingerprint density at radius 2 is 2.25 bits per heavy atom. The molecular formula is C14H22ClN3O2. The summed E-state index contributed by atoms with van der Waals surface area (Å²) in [6, 6.07) is -0.413. The summed E-state index contributed by atoms with van der Waals surface area (Å²) < 4.78 is 1.64. The van der Waals surface area contributed by atoms with E-state index in [1.54, 1.807) is 11.7 Å². The number of rotatable bonds is 4. The summed E-state index contributed by atoms with van der Waals surface area (Å²) in [4.78, 5) is 13.5. The number of hydrogen-bond acceptors (Lipinski definition) is 3. The summed E-state index contributed by atoms with van der Waals surface area (Å²) in [5, 5.41) is 14.3. The fourth-order valence-corrected chi connectivity index (χ4v) is 3.19. The van der Waals surface area contributed by atoms with E-state index in [0.717, 1.165) is 37.1 Å². The zero-order valence-electron chi connectivity index (χ0n) is 12.3. The number of likely N-dealkylation sites (tertiary alicyclic amines) is 1. The van der Waals surface area contributed by atoms with Gasteiger partial charge in [-0.25, -0.2) is 0 Å². The van der Waals surface area contributed by atoms with E-state index >= 15 is 0 Å². The van der Waals surface area contributed by atoms with Crippen molar-refractivity contribution in [3.8, 4) is 0 Å². The van der Waals surface area contributed by atoms with Crippen molar-refractivity contribution in [2.24, 2.45) is 13.0 Å². The lowest BCUT2D eigenvalue weighted by molar-refractivity contribution is -0.145. The fraction of sp³-hybridized carbons (Fsp3) is 0.714. The van der Waals surface area contributed by atoms with Crippen molar-refractivity contribution in [3.63, 3.8) is 0 Å². The minimum absolute atomic E-state index is 0.413. The number of aliphatic carboxylic acids is 1. The number of aromatic nitrogens is 2. The van der Waals surface area contributed by atoms with Crippen molar-refractivity contribution in [2.45, 2.75) is 45.7 Å². The number of carbonyl (C=O) groups is 1. The molecule has 0 aromatic carbocycles. The van der Waals surface area contributed by atoms with Crippen LogP contribution in [-0.4, -0.2) is 38.3 Å². The predicted octanol–water partition coefficient (Wildman–Crippen LogP) is 2.46. The van der Waals surface area contributed by atoms with Crippen molar-refractivity contribution >= 4 is 17.6 Å². The largest absolute Gasteiger partial charge is 0.480 e. The van der Waals surface area contributed by atoms with Gasteiger partial charge >= 0.3 is 5.97 Å². The first-order valence-electron chi connectivity index (χ1n) is 7.08. The van der Waals surface area contributed by atoms with Gasteiger partial charge in [0.05, 0.1) is 5.69 Å². The van der Waals surface area contributed by atoms with Crippen LogP contribution in [0.4, 0.5) is 0 Å². The molecule has 2 unspecified atom stereocenters. The Hall–Kier alpha value is -1.07. The van der Waals surface area contributed by atoms with E-state index in [9.17, 15) is 9.90 Å². The summed E-state index contributed by atoms with van der Waals surface area (Å²) in [6.45, 7) is 5.41. The molecule has 0 amide bonds. The Morgan fingerprint density at radius 1 is 1.55 bits per heavy atom. The monoisotopic (exact) mass is 299 g/mol. The van der Waals surface area contributed by atoms with Gasteiger partial charge in [0.15, 0.2) is 0 Å². The van der Waals surface area contributed by atoms with Crippen LogP contribution in [0.25, 0.3) is 0 Å². The van der Waals surface area contributed by atoms with Gasteiger partial charge in [0.2, 0.25) is 0 Å². The zero-order valence-corrected chi connectivity index (χ0v) is 13.0. The highest BCUT2D eigenvalue weighted by Crippen LogP contribution is 2.29. The van der Waals surface area contributed by atoms with E-state index in [4.69, 9.17) is 11.6 Å². The molecule has 1 aliphatic heterocycles. The van der Waals surface area contributed by atoms with Crippen LogP contribution in [0.15, 0.2) is 0 Å². The van der Waals surface area contributed by atoms with Crippen molar-refractivity contribution < 1.29 is 9.90 Å². The quantitative estimate of drug-likeness (QED) is 0.928. The second-order valence-corrected chi connectivity index (χ2v) is 5.96. The van der Waals surface area contributed by atoms with Crippen LogP contribution in [0.3, 0.4) is 0 Å². The Balaban J connectivity index is 2.16. The predicted molar refractivity (Wildman–Crippen MR) is 77.8 cm³/mol. The Kier molecular flexibility index (Phi) is 4.70. The molecule has 1 fully saturated rings. The average molecular weight is 300 g/mol. The van der Waals surface area contributed by atoms with Gasteiger partial charge in [0.25, 0.3) is 0 Å². The topological polar surface area (TPSA) is 58.4 Å². The van der Waals surface area contributed by atoms with E-state index in [-0.39, 0.29) is 0 Å². The van der Waals surface area contributed by atoms with Crippen LogP contribution in [-0.2, 0) is 18.4 Å². The Bertz CT molecular complexity index is 501. The molecule has 2 atom stereocenters. The molecule has 1 N–H and O–H groups in total. The van der Waals surface area contributed by atoms with E-state index in [1.807, 2.05) is 11.8 Å². The highest BCUT2D eigenvalue weighted by Gasteiger charge is 2.33. The summed E-state index contributed by atoms with van der Waals surface area (Å²) in [7, 11) is 1.80. The molecule has 20 heavy (non-hydrogen) atoms. The molecule has 0 bridgehead atoms. The smallest absolute Gasteiger partial charge is 0.320 e. The molecular weight excluding hydrogens is 278 g/mol. The van der Waals surface area contributed by atoms with Gasteiger partial charge in [0.1, 0.15) is 11.2 Å². The summed E-state index contributed by atoms with van der Waals surface area (Å²) in [5.41, 5.74) is 1.81. The third-order valence-electron chi connectivity index (χ3n) is 4.32. The molecule has 1 aliphatic rings. The van der Waals surface area contributed by atoms with Crippen molar-refractivity contribution in [2.75, 3.05) is 6.54 Å². The van der Waals surface area contributed by atoms with E-state index in [1.165, 1.54) is 0 Å². The third kappa shape index (κ3) is 2.99. The maximum absolute atomic E-state index is 11.5. The number of hydrogen-bond donors (Lipinski definition) is 1. The average Bonchev–Trinajstić information content (AvgIpc) is 2.65. The van der Waals surface area contributed by atoms with Crippen LogP contribution in [0.2, 0.25) is 5.15 Å². The number of carboxylic acid groups (broad SMARTS) is 1. The second kappa shape index (κ2) is 6.14. The molecule has 1 aromatic heterocycles. The molecule has 112 valence electrons. The Morgan fingerprint density at radius 3 is 2.75 bits per heavy atom. The molecule has 0 aliphatic carbocycles. The van der Waals surface area contributed by atoms with Crippen molar-refractivity contribution in [1.82, 2.24) is 14.7 Å². The maximum atomic E-state index is 11.5. The number of aryl methyl sites for hydroxylation is 2. The van der Waals surface area contributed by atoms with Crippen molar-refractivity contribution in [1.29, 1.82) is 0 Å². The molecule has 0 saturated carbocycles. The van der Waals surface area contributed by atoms with Gasteiger partial charge in [0, 0.05) is 19.2 Å². The first-order valence-corrected chi connectivity index (χ1v) is 7.46. The molecule has 2 heterocycles. The van der Waals surface area contributed by atoms with E-state index < -0.39 is 12.0 Å². The van der Waals surface area contributed by atoms with Crippen LogP contribution < -0.4 is 0 Å². The highest BCUT2D eigenvalue weighted by molar-refractivity contribution is 6.30.